The number of carbonyl (C=O) groups excluding carboxylic acids is 1. The topological polar surface area (TPSA) is 79.4 Å². The predicted octanol–water partition coefficient (Wildman–Crippen LogP) is 5.77. The van der Waals surface area contributed by atoms with E-state index >= 15 is 0 Å². The molecule has 4 rings (SSSR count). The Morgan fingerprint density at radius 1 is 0.944 bits per heavy atom. The summed E-state index contributed by atoms with van der Waals surface area (Å²) in [5.41, 5.74) is 6.14. The molecule has 36 heavy (non-hydrogen) atoms. The van der Waals surface area contributed by atoms with Crippen molar-refractivity contribution in [3.63, 3.8) is 0 Å². The zero-order valence-corrected chi connectivity index (χ0v) is 20.7. The molecule has 0 unspecified atom stereocenters. The average Bonchev–Trinajstić information content (AvgIpc) is 2.90. The second-order valence-electron chi connectivity index (χ2n) is 8.49. The van der Waals surface area contributed by atoms with E-state index in [1.165, 1.54) is 0 Å². The third kappa shape index (κ3) is 6.27. The summed E-state index contributed by atoms with van der Waals surface area (Å²) in [5.74, 6) is 0.549. The van der Waals surface area contributed by atoms with Gasteiger partial charge in [-0.3, -0.25) is 14.8 Å². The first-order chi connectivity index (χ1) is 17.4. The Bertz CT molecular complexity index is 1350. The molecule has 2 heterocycles. The summed E-state index contributed by atoms with van der Waals surface area (Å²) in [6.07, 6.45) is 3.39. The smallest absolute Gasteiger partial charge is 0.255 e. The highest BCUT2D eigenvalue weighted by atomic mass is 16.5. The van der Waals surface area contributed by atoms with Gasteiger partial charge in [-0.05, 0) is 67.6 Å². The van der Waals surface area contributed by atoms with E-state index in [0.717, 1.165) is 34.1 Å². The molecule has 2 aromatic heterocycles. The summed E-state index contributed by atoms with van der Waals surface area (Å²) < 4.78 is 5.80. The van der Waals surface area contributed by atoms with Crippen LogP contribution >= 0.6 is 0 Å². The van der Waals surface area contributed by atoms with Gasteiger partial charge >= 0.3 is 0 Å². The normalized spacial score (nSPS) is 10.4. The van der Waals surface area contributed by atoms with Gasteiger partial charge in [-0.15, -0.1) is 0 Å². The number of nitrogens with zero attached hydrogens (tertiary/aromatic N) is 3. The van der Waals surface area contributed by atoms with Crippen molar-refractivity contribution in [1.29, 1.82) is 0 Å². The molecule has 0 radical (unpaired) electrons. The van der Waals surface area contributed by atoms with Crippen LogP contribution in [0.4, 0.5) is 17.1 Å². The molecule has 0 aliphatic heterocycles. The van der Waals surface area contributed by atoms with E-state index in [1.54, 1.807) is 18.5 Å². The van der Waals surface area contributed by atoms with Crippen molar-refractivity contribution < 1.29 is 9.53 Å². The molecule has 0 saturated heterocycles. The van der Waals surface area contributed by atoms with Gasteiger partial charge in [-0.1, -0.05) is 18.7 Å². The van der Waals surface area contributed by atoms with Crippen LogP contribution in [-0.2, 0) is 6.61 Å². The monoisotopic (exact) mass is 479 g/mol. The van der Waals surface area contributed by atoms with Gasteiger partial charge in [0, 0.05) is 54.2 Å². The van der Waals surface area contributed by atoms with Crippen LogP contribution in [-0.4, -0.2) is 30.0 Å². The lowest BCUT2D eigenvalue weighted by Gasteiger charge is -2.15. The Kier molecular flexibility index (Phi) is 7.60. The van der Waals surface area contributed by atoms with Gasteiger partial charge in [0.25, 0.3) is 5.91 Å². The number of carbonyl (C=O) groups is 1. The molecule has 0 bridgehead atoms. The molecule has 2 N–H and O–H groups in total. The Labute approximate surface area is 211 Å². The summed E-state index contributed by atoms with van der Waals surface area (Å²) in [5, 5.41) is 6.25. The van der Waals surface area contributed by atoms with E-state index in [-0.39, 0.29) is 5.91 Å². The number of hydrogen-bond donors (Lipinski definition) is 2. The van der Waals surface area contributed by atoms with Crippen LogP contribution in [0.1, 0.15) is 27.3 Å². The van der Waals surface area contributed by atoms with Crippen molar-refractivity contribution >= 4 is 28.7 Å². The molecule has 0 fully saturated rings. The summed E-state index contributed by atoms with van der Waals surface area (Å²) in [6, 6.07) is 22.7. The number of benzene rings is 2. The quantitative estimate of drug-likeness (QED) is 0.318. The number of rotatable bonds is 9. The largest absolute Gasteiger partial charge is 0.487 e. The summed E-state index contributed by atoms with van der Waals surface area (Å²) in [7, 11) is 3.88. The molecular weight excluding hydrogens is 450 g/mol. The van der Waals surface area contributed by atoms with Crippen molar-refractivity contribution in [3.8, 4) is 5.75 Å². The zero-order chi connectivity index (χ0) is 25.5. The molecule has 7 heteroatoms. The highest BCUT2D eigenvalue weighted by Gasteiger charge is 2.11. The Hall–Kier alpha value is -4.65. The molecule has 0 spiro atoms. The Balaban J connectivity index is 1.40. The molecule has 182 valence electrons. The lowest BCUT2D eigenvalue weighted by molar-refractivity contribution is 0.102. The maximum absolute atomic E-state index is 12.8. The van der Waals surface area contributed by atoms with E-state index in [1.807, 2.05) is 92.6 Å². The molecule has 0 aliphatic rings. The van der Waals surface area contributed by atoms with E-state index in [0.29, 0.717) is 23.6 Å². The maximum atomic E-state index is 12.8. The van der Waals surface area contributed by atoms with E-state index in [2.05, 4.69) is 27.2 Å². The first kappa shape index (κ1) is 24.5. The van der Waals surface area contributed by atoms with Crippen molar-refractivity contribution in [2.24, 2.45) is 0 Å². The van der Waals surface area contributed by atoms with Crippen LogP contribution in [0, 0.1) is 6.92 Å². The predicted molar refractivity (Wildman–Crippen MR) is 145 cm³/mol. The molecular formula is C29H29N5O2. The second kappa shape index (κ2) is 11.2. The van der Waals surface area contributed by atoms with Crippen LogP contribution < -0.4 is 20.3 Å². The fourth-order valence-electron chi connectivity index (χ4n) is 3.55. The van der Waals surface area contributed by atoms with Gasteiger partial charge in [0.2, 0.25) is 0 Å². The number of nitrogens with one attached hydrogen (secondary N) is 2. The van der Waals surface area contributed by atoms with E-state index in [9.17, 15) is 4.79 Å². The summed E-state index contributed by atoms with van der Waals surface area (Å²) in [4.78, 5) is 23.5. The number of aryl methyl sites for hydroxylation is 1. The van der Waals surface area contributed by atoms with Crippen LogP contribution in [0.2, 0.25) is 0 Å². The number of anilines is 3. The number of aromatic nitrogens is 2. The molecule has 4 aromatic rings. The van der Waals surface area contributed by atoms with Gasteiger partial charge in [-0.2, -0.15) is 0 Å². The van der Waals surface area contributed by atoms with E-state index < -0.39 is 0 Å². The Morgan fingerprint density at radius 3 is 2.47 bits per heavy atom. The van der Waals surface area contributed by atoms with Gasteiger partial charge in [0.1, 0.15) is 12.4 Å². The lowest BCUT2D eigenvalue weighted by atomic mass is 10.1. The fraction of sp³-hybridized carbons (Fsp3) is 0.138. The highest BCUT2D eigenvalue weighted by molar-refractivity contribution is 6.05. The molecule has 7 nitrogen and oxygen atoms in total. The average molecular weight is 480 g/mol. The maximum Gasteiger partial charge on any atom is 0.255 e. The second-order valence-corrected chi connectivity index (χ2v) is 8.49. The first-order valence-corrected chi connectivity index (χ1v) is 11.5. The third-order valence-electron chi connectivity index (χ3n) is 5.56. The zero-order valence-electron chi connectivity index (χ0n) is 20.7. The standard InChI is InChI=1S/C29H29N5O2/c1-20-28(17-25(18-31-20)33-29(35)22-8-7-10-26(16-22)34(3)4)21(2)32-23-11-13-27(14-12-23)36-19-24-9-5-6-15-30-24/h5-18,32H,2,19H2,1,3-4H3,(H,33,35). The van der Waals surface area contributed by atoms with Crippen molar-refractivity contribution in [3.05, 3.63) is 114 Å². The molecule has 2 aromatic carbocycles. The van der Waals surface area contributed by atoms with Crippen LogP contribution in [0.25, 0.3) is 5.70 Å². The number of hydrogen-bond acceptors (Lipinski definition) is 6. The van der Waals surface area contributed by atoms with Gasteiger partial charge in [0.15, 0.2) is 0 Å². The third-order valence-corrected chi connectivity index (χ3v) is 5.56. The van der Waals surface area contributed by atoms with Gasteiger partial charge < -0.3 is 20.3 Å². The molecule has 0 saturated carbocycles. The van der Waals surface area contributed by atoms with Crippen molar-refractivity contribution in [2.45, 2.75) is 13.5 Å². The van der Waals surface area contributed by atoms with Crippen LogP contribution in [0.3, 0.4) is 0 Å². The summed E-state index contributed by atoms with van der Waals surface area (Å²) in [6.45, 7) is 6.49. The van der Waals surface area contributed by atoms with Crippen LogP contribution in [0.5, 0.6) is 5.75 Å². The number of amides is 1. The lowest BCUT2D eigenvalue weighted by Crippen LogP contribution is -2.14. The van der Waals surface area contributed by atoms with Crippen molar-refractivity contribution in [1.82, 2.24) is 9.97 Å². The minimum Gasteiger partial charge on any atom is -0.487 e. The van der Waals surface area contributed by atoms with E-state index in [4.69, 9.17) is 4.74 Å². The van der Waals surface area contributed by atoms with Crippen LogP contribution in [0.15, 0.2) is 91.8 Å². The molecule has 1 amide bonds. The molecule has 0 atom stereocenters. The first-order valence-electron chi connectivity index (χ1n) is 11.5. The minimum absolute atomic E-state index is 0.199. The van der Waals surface area contributed by atoms with Gasteiger partial charge in [0.05, 0.1) is 17.6 Å². The molecule has 0 aliphatic carbocycles. The Morgan fingerprint density at radius 2 is 1.75 bits per heavy atom. The number of ether oxygens (including phenoxy) is 1. The minimum atomic E-state index is -0.199. The van der Waals surface area contributed by atoms with Gasteiger partial charge in [-0.25, -0.2) is 0 Å². The number of pyridine rings is 2. The van der Waals surface area contributed by atoms with Crippen molar-refractivity contribution in [2.75, 3.05) is 29.6 Å². The highest BCUT2D eigenvalue weighted by Crippen LogP contribution is 2.24. The fourth-order valence-corrected chi connectivity index (χ4v) is 3.55. The summed E-state index contributed by atoms with van der Waals surface area (Å²) >= 11 is 0. The SMILES string of the molecule is C=C(Nc1ccc(OCc2ccccn2)cc1)c1cc(NC(=O)c2cccc(N(C)C)c2)cnc1C.